The lowest BCUT2D eigenvalue weighted by atomic mass is 9.66. The summed E-state index contributed by atoms with van der Waals surface area (Å²) in [6, 6.07) is 59.4. The molecule has 0 N–H and O–H groups in total. The molecule has 0 radical (unpaired) electrons. The summed E-state index contributed by atoms with van der Waals surface area (Å²) in [6.07, 6.45) is 0. The maximum Gasteiger partial charge on any atom is 0.189 e. The molecule has 0 unspecified atom stereocenters. The molecule has 0 heterocycles. The van der Waals surface area contributed by atoms with Crippen LogP contribution in [0.2, 0.25) is 0 Å². The van der Waals surface area contributed by atoms with E-state index in [0.29, 0.717) is 72.3 Å². The third-order valence-corrected chi connectivity index (χ3v) is 11.7. The molecule has 8 aromatic rings. The van der Waals surface area contributed by atoms with Crippen LogP contribution >= 0.6 is 0 Å². The van der Waals surface area contributed by atoms with E-state index in [0.717, 1.165) is 33.4 Å². The van der Waals surface area contributed by atoms with Crippen molar-refractivity contribution in [2.24, 2.45) is 0 Å². The van der Waals surface area contributed by atoms with E-state index in [1.165, 1.54) is 24.3 Å². The fourth-order valence-electron chi connectivity index (χ4n) is 9.02. The summed E-state index contributed by atoms with van der Waals surface area (Å²) < 4.78 is 0. The molecule has 0 amide bonds. The Labute approximate surface area is 375 Å². The normalized spacial score (nSPS) is 11.4. The van der Waals surface area contributed by atoms with Crippen molar-refractivity contribution in [1.82, 2.24) is 0 Å². The standard InChI is InChI=1S/C57H26N8/c1-63-50-18-37(32-60)15-41(27-50)45-21-44(40-13-35(30-58)12-36(14-40)31-59)23-48(24-45)57(55-10-6-4-8-53(55)54-9-5-7-11-56(54)57)49-25-46(42-16-38(33-61)19-51(28-42)64-2)22-47(26-49)43-17-39(34-62)20-52(29-43)65-3/h4-29H. The van der Waals surface area contributed by atoms with Crippen LogP contribution in [0.5, 0.6) is 0 Å². The van der Waals surface area contributed by atoms with Gasteiger partial charge in [0.2, 0.25) is 0 Å². The lowest BCUT2D eigenvalue weighted by Gasteiger charge is -2.35. The van der Waals surface area contributed by atoms with Gasteiger partial charge in [-0.3, -0.25) is 0 Å². The van der Waals surface area contributed by atoms with Gasteiger partial charge in [0.25, 0.3) is 0 Å². The van der Waals surface area contributed by atoms with Crippen molar-refractivity contribution in [2.45, 2.75) is 5.41 Å². The van der Waals surface area contributed by atoms with Gasteiger partial charge in [-0.1, -0.05) is 48.5 Å². The second-order valence-corrected chi connectivity index (χ2v) is 15.4. The molecule has 8 aromatic carbocycles. The van der Waals surface area contributed by atoms with Crippen LogP contribution < -0.4 is 0 Å². The van der Waals surface area contributed by atoms with Gasteiger partial charge in [-0.05, 0) is 187 Å². The van der Waals surface area contributed by atoms with Gasteiger partial charge in [-0.2, -0.15) is 26.3 Å². The average molecular weight is 823 g/mol. The topological polar surface area (TPSA) is 132 Å². The smallest absolute Gasteiger partial charge is 0.189 e. The summed E-state index contributed by atoms with van der Waals surface area (Å²) in [5, 5.41) is 50.5. The Bertz CT molecular complexity index is 3160. The molecule has 0 aromatic heterocycles. The maximum absolute atomic E-state index is 10.1. The van der Waals surface area contributed by atoms with E-state index in [4.69, 9.17) is 19.7 Å². The van der Waals surface area contributed by atoms with Crippen molar-refractivity contribution in [3.8, 4) is 86.0 Å². The highest BCUT2D eigenvalue weighted by atomic mass is 14.6. The quantitative estimate of drug-likeness (QED) is 0.154. The van der Waals surface area contributed by atoms with Crippen molar-refractivity contribution in [3.63, 3.8) is 0 Å². The van der Waals surface area contributed by atoms with Gasteiger partial charge in [0.15, 0.2) is 17.1 Å². The maximum atomic E-state index is 10.1. The molecule has 8 heteroatoms. The summed E-state index contributed by atoms with van der Waals surface area (Å²) in [7, 11) is 0. The molecular weight excluding hydrogens is 797 g/mol. The number of nitriles is 5. The van der Waals surface area contributed by atoms with Crippen LogP contribution in [0.15, 0.2) is 158 Å². The minimum absolute atomic E-state index is 0.282. The number of nitrogens with zero attached hydrogens (tertiary/aromatic N) is 8. The Morgan fingerprint density at radius 3 is 0.908 bits per heavy atom. The first kappa shape index (κ1) is 40.1. The molecule has 8 nitrogen and oxygen atoms in total. The highest BCUT2D eigenvalue weighted by Crippen LogP contribution is 2.58. The van der Waals surface area contributed by atoms with E-state index in [1.54, 1.807) is 48.5 Å². The van der Waals surface area contributed by atoms with Crippen LogP contribution in [0.25, 0.3) is 70.2 Å². The third kappa shape index (κ3) is 6.94. The Hall–Kier alpha value is -10.3. The molecule has 9 rings (SSSR count). The van der Waals surface area contributed by atoms with Crippen molar-refractivity contribution < 1.29 is 0 Å². The lowest BCUT2D eigenvalue weighted by molar-refractivity contribution is 0.770. The lowest BCUT2D eigenvalue weighted by Crippen LogP contribution is -2.29. The molecular formula is C57H26N8. The molecule has 0 saturated heterocycles. The van der Waals surface area contributed by atoms with Gasteiger partial charge in [0, 0.05) is 16.7 Å². The minimum Gasteiger partial charge on any atom is -0.238 e. The van der Waals surface area contributed by atoms with Gasteiger partial charge >= 0.3 is 0 Å². The summed E-state index contributed by atoms with van der Waals surface area (Å²) >= 11 is 0. The van der Waals surface area contributed by atoms with Crippen LogP contribution in [-0.2, 0) is 5.41 Å². The zero-order valence-electron chi connectivity index (χ0n) is 34.1. The molecule has 65 heavy (non-hydrogen) atoms. The zero-order chi connectivity index (χ0) is 45.2. The summed E-state index contributed by atoms with van der Waals surface area (Å²) in [5.41, 5.74) is 11.7. The van der Waals surface area contributed by atoms with Crippen LogP contribution in [0.3, 0.4) is 0 Å². The first-order valence-corrected chi connectivity index (χ1v) is 20.0. The van der Waals surface area contributed by atoms with Crippen molar-refractivity contribution >= 4 is 17.1 Å². The molecule has 294 valence electrons. The van der Waals surface area contributed by atoms with Gasteiger partial charge in [0.1, 0.15) is 0 Å². The largest absolute Gasteiger partial charge is 0.238 e. The number of fused-ring (bicyclic) bond motifs is 3. The zero-order valence-corrected chi connectivity index (χ0v) is 34.1. The van der Waals surface area contributed by atoms with Gasteiger partial charge in [-0.25, -0.2) is 14.5 Å². The first-order valence-electron chi connectivity index (χ1n) is 20.0. The number of benzene rings is 8. The number of hydrogen-bond donors (Lipinski definition) is 0. The molecule has 0 spiro atoms. The molecule has 0 fully saturated rings. The Kier molecular flexibility index (Phi) is 10.0. The predicted molar refractivity (Wildman–Crippen MR) is 248 cm³/mol. The summed E-state index contributed by atoms with van der Waals surface area (Å²) in [6.45, 7) is 23.7. The van der Waals surface area contributed by atoms with Gasteiger partial charge in [0.05, 0.1) is 66.6 Å². The molecule has 1 aliphatic rings. The predicted octanol–water partition coefficient (Wildman–Crippen LogP) is 13.7. The molecule has 1 aliphatic carbocycles. The van der Waals surface area contributed by atoms with E-state index in [2.05, 4.69) is 93.4 Å². The van der Waals surface area contributed by atoms with Gasteiger partial charge < -0.3 is 0 Å². The van der Waals surface area contributed by atoms with Crippen LogP contribution in [0, 0.1) is 76.4 Å². The Morgan fingerprint density at radius 2 is 0.600 bits per heavy atom. The van der Waals surface area contributed by atoms with E-state index >= 15 is 0 Å². The number of rotatable bonds is 6. The Balaban J connectivity index is 1.48. The second kappa shape index (κ2) is 16.3. The highest BCUT2D eigenvalue weighted by molar-refractivity contribution is 5.90. The second-order valence-electron chi connectivity index (χ2n) is 15.4. The SMILES string of the molecule is [C-]#[N+]c1cc(C#N)cc(-c2cc(-c3cc(C#N)cc(C#N)c3)cc(C3(c4cc(-c5cc(C#N)cc([N+]#[C-])c5)cc(-c5cc(C#N)cc([N+]#[C-])c5)c4)c4ccccc4-c4ccccc43)c2)c1. The fourth-order valence-corrected chi connectivity index (χ4v) is 9.02. The van der Waals surface area contributed by atoms with Crippen molar-refractivity contribution in [3.05, 3.63) is 242 Å². The Morgan fingerprint density at radius 1 is 0.323 bits per heavy atom. The molecule has 0 bridgehead atoms. The minimum atomic E-state index is -1.13. The molecule has 0 aliphatic heterocycles. The van der Waals surface area contributed by atoms with Crippen LogP contribution in [0.1, 0.15) is 50.1 Å². The molecule has 0 atom stereocenters. The monoisotopic (exact) mass is 822 g/mol. The average Bonchev–Trinajstić information content (AvgIpc) is 3.68. The van der Waals surface area contributed by atoms with Crippen molar-refractivity contribution in [2.75, 3.05) is 0 Å². The van der Waals surface area contributed by atoms with E-state index in [1.807, 2.05) is 36.4 Å². The van der Waals surface area contributed by atoms with Gasteiger partial charge in [-0.15, -0.1) is 0 Å². The number of hydrogen-bond acceptors (Lipinski definition) is 5. The highest BCUT2D eigenvalue weighted by Gasteiger charge is 2.46. The van der Waals surface area contributed by atoms with Crippen LogP contribution in [0.4, 0.5) is 17.1 Å². The van der Waals surface area contributed by atoms with Crippen LogP contribution in [-0.4, -0.2) is 0 Å². The fraction of sp³-hybridized carbons (Fsp3) is 0.0175. The van der Waals surface area contributed by atoms with E-state index in [-0.39, 0.29) is 17.1 Å². The summed E-state index contributed by atoms with van der Waals surface area (Å²) in [4.78, 5) is 11.1. The van der Waals surface area contributed by atoms with Crippen molar-refractivity contribution in [1.29, 1.82) is 26.3 Å². The third-order valence-electron chi connectivity index (χ3n) is 11.7. The molecule has 0 saturated carbocycles. The van der Waals surface area contributed by atoms with E-state index < -0.39 is 5.41 Å². The van der Waals surface area contributed by atoms with E-state index in [9.17, 15) is 26.3 Å². The summed E-state index contributed by atoms with van der Waals surface area (Å²) in [5.74, 6) is 0. The first-order chi connectivity index (χ1) is 31.7.